The Bertz CT molecular complexity index is 1270. The molecule has 0 aromatic rings. The van der Waals surface area contributed by atoms with E-state index >= 15 is 0 Å². The molecule has 13 aliphatic carbocycles. The summed E-state index contributed by atoms with van der Waals surface area (Å²) in [5, 5.41) is 0. The maximum absolute atomic E-state index is 11.4. The molecule has 0 aromatic heterocycles. The molecule has 4 unspecified atom stereocenters. The quantitative estimate of drug-likeness (QED) is 0.226. The molecular formula is C56H98O6. The number of ether oxygens (including phenoxy) is 5. The Hall–Kier alpha value is -0.690. The smallest absolute Gasteiger partial charge is 0.309 e. The monoisotopic (exact) mass is 867 g/mol. The number of carbonyl (C=O) groups is 1. The highest BCUT2D eigenvalue weighted by Gasteiger charge is 2.61. The van der Waals surface area contributed by atoms with Crippen molar-refractivity contribution in [2.24, 2.45) is 82.3 Å². The molecule has 17 fully saturated rings. The van der Waals surface area contributed by atoms with Crippen LogP contribution in [0.1, 0.15) is 222 Å². The summed E-state index contributed by atoms with van der Waals surface area (Å²) < 4.78 is 29.6. The first-order valence-corrected chi connectivity index (χ1v) is 28.2. The fourth-order valence-electron chi connectivity index (χ4n) is 17.6. The summed E-state index contributed by atoms with van der Waals surface area (Å²) in [6, 6.07) is 0. The Balaban J connectivity index is 0.000000118. The van der Waals surface area contributed by atoms with Gasteiger partial charge in [-0.25, -0.2) is 0 Å². The zero-order chi connectivity index (χ0) is 43.9. The largest absolute Gasteiger partial charge is 0.462 e. The maximum Gasteiger partial charge on any atom is 0.309 e. The van der Waals surface area contributed by atoms with Crippen molar-refractivity contribution in [3.63, 3.8) is 0 Å². The number of carbonyl (C=O) groups excluding carboxylic acids is 1. The fraction of sp³-hybridized carbons (Fsp3) is 0.982. The van der Waals surface area contributed by atoms with Crippen molar-refractivity contribution in [2.45, 2.75) is 240 Å². The van der Waals surface area contributed by atoms with Crippen LogP contribution in [0.15, 0.2) is 0 Å². The first-order valence-electron chi connectivity index (χ1n) is 28.2. The summed E-state index contributed by atoms with van der Waals surface area (Å²) in [6.07, 6.45) is 37.1. The van der Waals surface area contributed by atoms with Crippen LogP contribution < -0.4 is 0 Å². The lowest BCUT2D eigenvalue weighted by atomic mass is 9.53. The van der Waals surface area contributed by atoms with Crippen LogP contribution in [-0.2, 0) is 28.5 Å². The third kappa shape index (κ3) is 10.1. The Morgan fingerprint density at radius 2 is 0.774 bits per heavy atom. The molecule has 6 nitrogen and oxygen atoms in total. The van der Waals surface area contributed by atoms with Crippen molar-refractivity contribution >= 4 is 5.97 Å². The molecule has 3 spiro atoms. The lowest BCUT2D eigenvalue weighted by molar-refractivity contribution is -0.358. The third-order valence-electron chi connectivity index (χ3n) is 19.1. The first-order chi connectivity index (χ1) is 30.4. The summed E-state index contributed by atoms with van der Waals surface area (Å²) in [6.45, 7) is 19.5. The summed E-state index contributed by atoms with van der Waals surface area (Å²) in [7, 11) is 0. The van der Waals surface area contributed by atoms with Gasteiger partial charge in [-0.05, 0) is 188 Å². The predicted molar refractivity (Wildman–Crippen MR) is 252 cm³/mol. The highest BCUT2D eigenvalue weighted by Crippen LogP contribution is 2.63. The fourth-order valence-corrected chi connectivity index (χ4v) is 17.6. The van der Waals surface area contributed by atoms with Gasteiger partial charge in [0.05, 0.1) is 32.3 Å². The van der Waals surface area contributed by atoms with Crippen molar-refractivity contribution < 1.29 is 28.5 Å². The predicted octanol–water partition coefficient (Wildman–Crippen LogP) is 14.8. The first kappa shape index (κ1) is 49.2. The number of fused-ring (bicyclic) bond motifs is 4. The highest BCUT2D eigenvalue weighted by molar-refractivity contribution is 5.73. The van der Waals surface area contributed by atoms with Crippen LogP contribution in [-0.4, -0.2) is 50.1 Å². The van der Waals surface area contributed by atoms with E-state index in [-0.39, 0.29) is 29.6 Å². The maximum atomic E-state index is 11.4. The molecule has 17 rings (SSSR count). The Morgan fingerprint density at radius 3 is 1.16 bits per heavy atom. The lowest BCUT2D eigenvalue weighted by Crippen LogP contribution is -2.61. The minimum Gasteiger partial charge on any atom is -0.462 e. The zero-order valence-corrected chi connectivity index (χ0v) is 41.7. The average molecular weight is 867 g/mol. The Kier molecular flexibility index (Phi) is 17.8. The molecule has 4 aliphatic heterocycles. The number of rotatable bonds is 0. The molecule has 4 heterocycles. The van der Waals surface area contributed by atoms with Gasteiger partial charge in [0, 0.05) is 23.7 Å². The normalized spacial score (nSPS) is 43.5. The van der Waals surface area contributed by atoms with E-state index in [9.17, 15) is 4.79 Å². The second kappa shape index (κ2) is 22.4. The van der Waals surface area contributed by atoms with Crippen LogP contribution in [0.25, 0.3) is 0 Å². The van der Waals surface area contributed by atoms with E-state index in [1.807, 2.05) is 55.4 Å². The standard InChI is InChI=1S/C13H20O2.C13H22.C12H18O2.C10H14O2.4C2H6/c1-2-14-13(15-3-1)11-5-9-4-10(7-11)8-12(13)6-9;1-2-4-8-13(7-3-1)10-11-5-6-12(13)9-11;1-2-14-12(13-1)10-4-8-3-9(6-10)7-11(12)5-8;11-10-8-2-6-1-7(3-8)5-9(4-6)12-10;4*1-2/h9-12H,1-8H2;11-12H,1-10H2;8-11H,1-7H2;6-9H,1-5H2;4*1-2H3. The van der Waals surface area contributed by atoms with Crippen LogP contribution in [0.4, 0.5) is 0 Å². The van der Waals surface area contributed by atoms with Crippen LogP contribution in [0.2, 0.25) is 0 Å². The topological polar surface area (TPSA) is 63.2 Å². The summed E-state index contributed by atoms with van der Waals surface area (Å²) >= 11 is 0. The Labute approximate surface area is 381 Å². The van der Waals surface area contributed by atoms with Crippen LogP contribution in [0.5, 0.6) is 0 Å². The number of hydrogen-bond donors (Lipinski definition) is 0. The molecule has 4 atom stereocenters. The van der Waals surface area contributed by atoms with Crippen LogP contribution in [0, 0.1) is 82.3 Å². The van der Waals surface area contributed by atoms with Crippen molar-refractivity contribution in [1.82, 2.24) is 0 Å². The van der Waals surface area contributed by atoms with E-state index in [4.69, 9.17) is 23.7 Å². The molecule has 4 saturated heterocycles. The molecule has 13 saturated carbocycles. The van der Waals surface area contributed by atoms with Crippen LogP contribution in [0.3, 0.4) is 0 Å². The van der Waals surface area contributed by atoms with Gasteiger partial charge in [0.15, 0.2) is 11.6 Å². The minimum atomic E-state index is -0.119. The Morgan fingerprint density at radius 1 is 0.387 bits per heavy atom. The third-order valence-corrected chi connectivity index (χ3v) is 19.1. The van der Waals surface area contributed by atoms with Crippen LogP contribution >= 0.6 is 0 Å². The van der Waals surface area contributed by atoms with Gasteiger partial charge in [-0.15, -0.1) is 0 Å². The molecular weight excluding hydrogens is 769 g/mol. The molecule has 0 amide bonds. The van der Waals surface area contributed by atoms with Gasteiger partial charge in [0.2, 0.25) is 0 Å². The lowest BCUT2D eigenvalue weighted by Gasteiger charge is -2.60. The highest BCUT2D eigenvalue weighted by atomic mass is 16.7. The molecule has 358 valence electrons. The van der Waals surface area contributed by atoms with Gasteiger partial charge in [-0.3, -0.25) is 4.79 Å². The van der Waals surface area contributed by atoms with Crippen molar-refractivity contribution in [1.29, 1.82) is 0 Å². The van der Waals surface area contributed by atoms with Gasteiger partial charge < -0.3 is 23.7 Å². The van der Waals surface area contributed by atoms with Crippen molar-refractivity contribution in [2.75, 3.05) is 26.4 Å². The van der Waals surface area contributed by atoms with E-state index < -0.39 is 0 Å². The number of esters is 1. The second-order valence-corrected chi connectivity index (χ2v) is 22.3. The van der Waals surface area contributed by atoms with E-state index in [0.29, 0.717) is 0 Å². The van der Waals surface area contributed by atoms with Gasteiger partial charge in [0.1, 0.15) is 6.10 Å². The SMILES string of the molecule is C1CCCC2(CC1)CC1CCC2C1.C1COC2(O1)C1CC3CC(C1)CC2C3.C1COC2(OC1)C1CC3CC(C1)CC2C3.CC.CC.CC.CC.O=C1OC2CC3CC(C2)CC1C3. The van der Waals surface area contributed by atoms with Gasteiger partial charge in [-0.1, -0.05) is 87.5 Å². The van der Waals surface area contributed by atoms with E-state index in [1.165, 1.54) is 83.5 Å². The van der Waals surface area contributed by atoms with Gasteiger partial charge in [0.25, 0.3) is 0 Å². The second-order valence-electron chi connectivity index (χ2n) is 22.3. The van der Waals surface area contributed by atoms with Gasteiger partial charge >= 0.3 is 5.97 Å². The van der Waals surface area contributed by atoms with E-state index in [1.54, 1.807) is 51.4 Å². The molecule has 62 heavy (non-hydrogen) atoms. The van der Waals surface area contributed by atoms with Crippen molar-refractivity contribution in [3.05, 3.63) is 0 Å². The molecule has 0 N–H and O–H groups in total. The average Bonchev–Trinajstić information content (AvgIpc) is 4.00. The van der Waals surface area contributed by atoms with Crippen molar-refractivity contribution in [3.8, 4) is 0 Å². The number of hydrogen-bond acceptors (Lipinski definition) is 6. The summed E-state index contributed by atoms with van der Waals surface area (Å²) in [5.41, 5.74) is 0.874. The molecule has 0 aromatic carbocycles. The summed E-state index contributed by atoms with van der Waals surface area (Å²) in [4.78, 5) is 11.4. The van der Waals surface area contributed by atoms with E-state index in [2.05, 4.69) is 0 Å². The minimum absolute atomic E-state index is 0.102. The van der Waals surface area contributed by atoms with E-state index in [0.717, 1.165) is 135 Å². The molecule has 6 heteroatoms. The van der Waals surface area contributed by atoms with Gasteiger partial charge in [-0.2, -0.15) is 0 Å². The molecule has 17 aliphatic rings. The summed E-state index contributed by atoms with van der Waals surface area (Å²) in [5.74, 6) is 11.0. The molecule has 14 bridgehead atoms. The zero-order valence-electron chi connectivity index (χ0n) is 41.7. The molecule has 0 radical (unpaired) electrons.